The van der Waals surface area contributed by atoms with E-state index in [1.165, 1.54) is 10.6 Å². The first-order valence-corrected chi connectivity index (χ1v) is 14.5. The fraction of sp³-hybridized carbons (Fsp3) is 0.226. The fourth-order valence-corrected chi connectivity index (χ4v) is 11.0. The summed E-state index contributed by atoms with van der Waals surface area (Å²) in [5, 5.41) is 2.81. The molecule has 0 unspecified atom stereocenters. The minimum atomic E-state index is -1.90. The summed E-state index contributed by atoms with van der Waals surface area (Å²) in [6.07, 6.45) is 1.04. The van der Waals surface area contributed by atoms with E-state index in [0.29, 0.717) is 0 Å². The van der Waals surface area contributed by atoms with E-state index in [1.54, 1.807) is 14.2 Å². The van der Waals surface area contributed by atoms with Crippen molar-refractivity contribution in [2.45, 2.75) is 24.3 Å². The molecule has 0 aromatic heterocycles. The van der Waals surface area contributed by atoms with Gasteiger partial charge in [0.25, 0.3) is 0 Å². The number of thiol groups is 1. The molecule has 0 N–H and O–H groups in total. The highest BCUT2D eigenvalue weighted by molar-refractivity contribution is 7.91. The Bertz CT molecular complexity index is 1120. The summed E-state index contributed by atoms with van der Waals surface area (Å²) in [5.41, 5.74) is 2.50. The minimum absolute atomic E-state index is 0.190. The third-order valence-corrected chi connectivity index (χ3v) is 13.5. The summed E-state index contributed by atoms with van der Waals surface area (Å²) in [4.78, 5) is 0. The average Bonchev–Trinajstić information content (AvgIpc) is 2.94. The molecule has 1 atom stereocenters. The fourth-order valence-electron chi connectivity index (χ4n) is 5.28. The van der Waals surface area contributed by atoms with Crippen molar-refractivity contribution in [2.75, 3.05) is 20.4 Å². The highest BCUT2D eigenvalue weighted by Gasteiger charge is 2.56. The average molecular weight is 502 g/mol. The molecule has 4 aromatic carbocycles. The molecule has 4 aromatic rings. The first-order chi connectivity index (χ1) is 17.0. The van der Waals surface area contributed by atoms with Crippen LogP contribution in [0.5, 0.6) is 11.5 Å². The van der Waals surface area contributed by atoms with Crippen molar-refractivity contribution in [3.05, 3.63) is 120 Å². The van der Waals surface area contributed by atoms with Crippen LogP contribution in [0.2, 0.25) is 0 Å². The van der Waals surface area contributed by atoms with Crippen LogP contribution in [-0.2, 0) is 4.75 Å². The predicted molar refractivity (Wildman–Crippen MR) is 155 cm³/mol. The van der Waals surface area contributed by atoms with Crippen LogP contribution < -0.4 is 20.1 Å². The van der Waals surface area contributed by atoms with Crippen molar-refractivity contribution in [2.24, 2.45) is 0 Å². The van der Waals surface area contributed by atoms with Crippen molar-refractivity contribution >= 4 is 30.5 Å². The van der Waals surface area contributed by atoms with Gasteiger partial charge < -0.3 is 9.47 Å². The number of rotatable bonds is 9. The van der Waals surface area contributed by atoms with Gasteiger partial charge in [-0.15, -0.1) is 0 Å². The summed E-state index contributed by atoms with van der Waals surface area (Å²) in [5.74, 6) is 1.68. The van der Waals surface area contributed by atoms with Crippen LogP contribution in [-0.4, -0.2) is 26.0 Å². The van der Waals surface area contributed by atoms with E-state index in [-0.39, 0.29) is 5.66 Å². The quantitative estimate of drug-likeness (QED) is 0.198. The Labute approximate surface area is 216 Å². The Balaban J connectivity index is 2.00. The molecule has 4 rings (SSSR count). The van der Waals surface area contributed by atoms with Crippen LogP contribution in [0, 0.1) is 0 Å². The lowest BCUT2D eigenvalue weighted by Crippen LogP contribution is -2.43. The van der Waals surface area contributed by atoms with Crippen molar-refractivity contribution in [1.29, 1.82) is 0 Å². The molecule has 180 valence electrons. The SMILES string of the molecule is CC[P+](c1ccccc1)(c1ccccc1)[C@H](C)C(S)(c1ccc(OC)cc1)c1ccc(OC)cc1. The van der Waals surface area contributed by atoms with Gasteiger partial charge in [-0.1, -0.05) is 60.7 Å². The second-order valence-electron chi connectivity index (χ2n) is 8.76. The molecule has 35 heavy (non-hydrogen) atoms. The lowest BCUT2D eigenvalue weighted by atomic mass is 9.87. The van der Waals surface area contributed by atoms with Crippen LogP contribution in [0.4, 0.5) is 0 Å². The molecule has 0 aliphatic heterocycles. The Morgan fingerprint density at radius 2 is 1.03 bits per heavy atom. The van der Waals surface area contributed by atoms with Gasteiger partial charge in [0.15, 0.2) is 0 Å². The third-order valence-electron chi connectivity index (χ3n) is 7.26. The lowest BCUT2D eigenvalue weighted by Gasteiger charge is -2.43. The van der Waals surface area contributed by atoms with E-state index in [0.717, 1.165) is 28.8 Å². The number of methoxy groups -OCH3 is 2. The molecule has 0 saturated heterocycles. The highest BCUT2D eigenvalue weighted by Crippen LogP contribution is 2.67. The summed E-state index contributed by atoms with van der Waals surface area (Å²) in [7, 11) is 1.50. The zero-order valence-electron chi connectivity index (χ0n) is 20.9. The Kier molecular flexibility index (Phi) is 7.89. The van der Waals surface area contributed by atoms with E-state index >= 15 is 0 Å². The van der Waals surface area contributed by atoms with Gasteiger partial charge >= 0.3 is 0 Å². The third kappa shape index (κ3) is 4.60. The topological polar surface area (TPSA) is 18.5 Å². The van der Waals surface area contributed by atoms with Crippen molar-refractivity contribution in [3.63, 3.8) is 0 Å². The molecule has 4 heteroatoms. The smallest absolute Gasteiger partial charge is 0.118 e. The van der Waals surface area contributed by atoms with Gasteiger partial charge in [-0.05, 0) is 73.5 Å². The molecule has 0 fully saturated rings. The molecular weight excluding hydrogens is 467 g/mol. The molecule has 0 saturated carbocycles. The maximum atomic E-state index is 5.61. The van der Waals surface area contributed by atoms with Crippen LogP contribution in [0.1, 0.15) is 25.0 Å². The zero-order chi connectivity index (χ0) is 24.9. The summed E-state index contributed by atoms with van der Waals surface area (Å²) < 4.78 is 10.4. The van der Waals surface area contributed by atoms with E-state index in [9.17, 15) is 0 Å². The second kappa shape index (κ2) is 10.9. The molecule has 0 bridgehead atoms. The molecule has 2 nitrogen and oxygen atoms in total. The summed E-state index contributed by atoms with van der Waals surface area (Å²) >= 11 is 5.61. The predicted octanol–water partition coefficient (Wildman–Crippen LogP) is 6.95. The molecule has 0 radical (unpaired) electrons. The van der Waals surface area contributed by atoms with Gasteiger partial charge in [-0.25, -0.2) is 0 Å². The van der Waals surface area contributed by atoms with Gasteiger partial charge in [0, 0.05) is 0 Å². The largest absolute Gasteiger partial charge is 0.497 e. The Morgan fingerprint density at radius 3 is 1.34 bits per heavy atom. The standard InChI is InChI=1S/C31H33O2PS/c1-5-34(29-12-8-6-9-13-29,30-14-10-7-11-15-30)24(2)31(35,25-16-20-27(32-3)21-17-25)26-18-22-28(33-4)23-19-26/h6-24H,5H2,1-4H3/p+1/t24-/m1/s1. The number of benzene rings is 4. The van der Waals surface area contributed by atoms with Crippen LogP contribution in [0.25, 0.3) is 0 Å². The molecule has 0 spiro atoms. The number of hydrogen-bond acceptors (Lipinski definition) is 3. The minimum Gasteiger partial charge on any atom is -0.497 e. The number of hydrogen-bond donors (Lipinski definition) is 1. The molecular formula is C31H34O2PS+. The number of ether oxygens (including phenoxy) is 2. The van der Waals surface area contributed by atoms with Crippen LogP contribution >= 0.6 is 19.9 Å². The van der Waals surface area contributed by atoms with Gasteiger partial charge in [-0.2, -0.15) is 12.6 Å². The molecule has 0 aliphatic rings. The molecule has 0 heterocycles. The van der Waals surface area contributed by atoms with Crippen LogP contribution in [0.3, 0.4) is 0 Å². The Morgan fingerprint density at radius 1 is 0.657 bits per heavy atom. The first kappa shape index (κ1) is 25.4. The zero-order valence-corrected chi connectivity index (χ0v) is 22.7. The van der Waals surface area contributed by atoms with Gasteiger partial charge in [0.2, 0.25) is 0 Å². The maximum absolute atomic E-state index is 5.61. The Hall–Kier alpha value is -2.74. The van der Waals surface area contributed by atoms with Crippen LogP contribution in [0.15, 0.2) is 109 Å². The molecule has 0 amide bonds. The highest BCUT2D eigenvalue weighted by atomic mass is 32.1. The van der Waals surface area contributed by atoms with Crippen molar-refractivity contribution in [3.8, 4) is 11.5 Å². The van der Waals surface area contributed by atoms with Crippen molar-refractivity contribution < 1.29 is 9.47 Å². The second-order valence-corrected chi connectivity index (χ2v) is 13.6. The summed E-state index contributed by atoms with van der Waals surface area (Å²) in [6.45, 7) is 4.72. The van der Waals surface area contributed by atoms with Crippen molar-refractivity contribution in [1.82, 2.24) is 0 Å². The normalized spacial score (nSPS) is 12.7. The van der Waals surface area contributed by atoms with E-state index < -0.39 is 12.0 Å². The van der Waals surface area contributed by atoms with Gasteiger partial charge in [0.05, 0.1) is 48.7 Å². The first-order valence-electron chi connectivity index (χ1n) is 12.0. The van der Waals surface area contributed by atoms with E-state index in [1.807, 2.05) is 24.3 Å². The van der Waals surface area contributed by atoms with E-state index in [2.05, 4.69) is 98.8 Å². The molecule has 0 aliphatic carbocycles. The monoisotopic (exact) mass is 501 g/mol. The maximum Gasteiger partial charge on any atom is 0.118 e. The van der Waals surface area contributed by atoms with Gasteiger partial charge in [0.1, 0.15) is 11.5 Å². The van der Waals surface area contributed by atoms with E-state index in [4.69, 9.17) is 22.1 Å². The van der Waals surface area contributed by atoms with Gasteiger partial charge in [-0.3, -0.25) is 0 Å². The summed E-state index contributed by atoms with van der Waals surface area (Å²) in [6, 6.07) is 38.8. The lowest BCUT2D eigenvalue weighted by molar-refractivity contribution is 0.414.